The summed E-state index contributed by atoms with van der Waals surface area (Å²) >= 11 is 3.14. The number of nitrogens with zero attached hydrogens (tertiary/aromatic N) is 4. The molecule has 1 aromatic carbocycles. The number of aromatic nitrogens is 4. The normalized spacial score (nSPS) is 15.5. The summed E-state index contributed by atoms with van der Waals surface area (Å²) in [7, 11) is 0. The minimum atomic E-state index is -0.537. The van der Waals surface area contributed by atoms with Crippen molar-refractivity contribution in [1.29, 1.82) is 0 Å². The van der Waals surface area contributed by atoms with Gasteiger partial charge in [0.15, 0.2) is 0 Å². The van der Waals surface area contributed by atoms with E-state index in [4.69, 9.17) is 11.5 Å². The summed E-state index contributed by atoms with van der Waals surface area (Å²) in [5.41, 5.74) is 11.6. The lowest BCUT2D eigenvalue weighted by Crippen LogP contribution is -2.28. The van der Waals surface area contributed by atoms with Crippen LogP contribution in [0.15, 0.2) is 46.6 Å². The van der Waals surface area contributed by atoms with E-state index in [9.17, 15) is 4.79 Å². The van der Waals surface area contributed by atoms with Crippen LogP contribution < -0.4 is 11.5 Å². The summed E-state index contributed by atoms with van der Waals surface area (Å²) in [6, 6.07) is 7.83. The van der Waals surface area contributed by atoms with E-state index < -0.39 is 5.41 Å². The number of carbonyl (C=O) groups is 1. The van der Waals surface area contributed by atoms with Gasteiger partial charge in [0, 0.05) is 11.1 Å². The number of carbonyl (C=O) groups excluding carboxylic acids is 1. The topological polar surface area (TPSA) is 112 Å². The number of fused-ring (bicyclic) bond motifs is 2. The van der Waals surface area contributed by atoms with E-state index >= 15 is 0 Å². The minimum Gasteiger partial charge on any atom is -0.384 e. The zero-order chi connectivity index (χ0) is 17.9. The lowest BCUT2D eigenvalue weighted by molar-refractivity contribution is -0.120. The molecule has 4 N–H and O–H groups in total. The number of thiazole rings is 1. The van der Waals surface area contributed by atoms with Gasteiger partial charge >= 0.3 is 0 Å². The lowest BCUT2D eigenvalue weighted by Gasteiger charge is -2.04. The van der Waals surface area contributed by atoms with Crippen LogP contribution in [-0.4, -0.2) is 25.3 Å². The third kappa shape index (κ3) is 2.35. The third-order valence-corrected chi connectivity index (χ3v) is 6.80. The Morgan fingerprint density at radius 1 is 1.27 bits per heavy atom. The van der Waals surface area contributed by atoms with E-state index in [0.717, 1.165) is 38.0 Å². The van der Waals surface area contributed by atoms with Crippen LogP contribution in [0.1, 0.15) is 17.8 Å². The van der Waals surface area contributed by atoms with Crippen molar-refractivity contribution in [2.75, 3.05) is 5.73 Å². The molecule has 3 aromatic heterocycles. The number of amides is 1. The summed E-state index contributed by atoms with van der Waals surface area (Å²) < 4.78 is 2.95. The first-order valence-corrected chi connectivity index (χ1v) is 9.67. The van der Waals surface area contributed by atoms with Crippen molar-refractivity contribution in [3.8, 4) is 0 Å². The minimum absolute atomic E-state index is 0.274. The summed E-state index contributed by atoms with van der Waals surface area (Å²) in [6.07, 6.45) is 5.23. The van der Waals surface area contributed by atoms with Gasteiger partial charge in [0.05, 0.1) is 16.4 Å². The van der Waals surface area contributed by atoms with Gasteiger partial charge in [-0.05, 0) is 37.1 Å². The molecule has 0 aliphatic heterocycles. The van der Waals surface area contributed by atoms with Gasteiger partial charge in [-0.1, -0.05) is 11.8 Å². The van der Waals surface area contributed by atoms with Crippen molar-refractivity contribution in [3.63, 3.8) is 0 Å². The standard InChI is InChI=1S/C17H14N6OS2/c18-12-3-6-23-13(8-20-16(23)22-12)25-9-1-2-10-11(7-9)26-15(21-10)17(4-5-17)14(19)24/h1-3,6-8H,4-5H2,(H2,19,24)(H2,18,20,22). The molecule has 9 heteroatoms. The van der Waals surface area contributed by atoms with E-state index in [2.05, 4.69) is 21.0 Å². The lowest BCUT2D eigenvalue weighted by atomic mass is 10.1. The molecule has 1 saturated carbocycles. The Morgan fingerprint density at radius 3 is 2.88 bits per heavy atom. The third-order valence-electron chi connectivity index (χ3n) is 4.58. The van der Waals surface area contributed by atoms with Gasteiger partial charge in [0.2, 0.25) is 11.7 Å². The monoisotopic (exact) mass is 382 g/mol. The number of nitrogens with two attached hydrogens (primary N) is 2. The van der Waals surface area contributed by atoms with Gasteiger partial charge in [-0.25, -0.2) is 9.97 Å². The molecule has 1 fully saturated rings. The highest BCUT2D eigenvalue weighted by Crippen LogP contribution is 2.50. The van der Waals surface area contributed by atoms with Gasteiger partial charge < -0.3 is 11.5 Å². The van der Waals surface area contributed by atoms with Crippen molar-refractivity contribution in [2.24, 2.45) is 5.73 Å². The second-order valence-electron chi connectivity index (χ2n) is 6.32. The van der Waals surface area contributed by atoms with Gasteiger partial charge in [0.25, 0.3) is 0 Å². The molecule has 0 spiro atoms. The molecule has 3 heterocycles. The van der Waals surface area contributed by atoms with Crippen molar-refractivity contribution in [2.45, 2.75) is 28.2 Å². The maximum absolute atomic E-state index is 11.7. The van der Waals surface area contributed by atoms with Crippen LogP contribution in [0, 0.1) is 0 Å². The molecule has 0 radical (unpaired) electrons. The molecule has 1 amide bonds. The van der Waals surface area contributed by atoms with E-state index in [1.54, 1.807) is 35.4 Å². The number of hydrogen-bond donors (Lipinski definition) is 2. The number of nitrogen functional groups attached to an aromatic ring is 1. The van der Waals surface area contributed by atoms with Crippen LogP contribution in [-0.2, 0) is 10.2 Å². The largest absolute Gasteiger partial charge is 0.384 e. The smallest absolute Gasteiger partial charge is 0.236 e. The van der Waals surface area contributed by atoms with Crippen molar-refractivity contribution in [3.05, 3.63) is 41.7 Å². The van der Waals surface area contributed by atoms with Crippen LogP contribution in [0.2, 0.25) is 0 Å². The summed E-state index contributed by atoms with van der Waals surface area (Å²) in [5.74, 6) is 0.746. The van der Waals surface area contributed by atoms with Gasteiger partial charge in [-0.3, -0.25) is 9.20 Å². The molecule has 1 aliphatic carbocycles. The summed E-state index contributed by atoms with van der Waals surface area (Å²) in [5, 5.41) is 1.78. The van der Waals surface area contributed by atoms with Crippen molar-refractivity contribution in [1.82, 2.24) is 19.4 Å². The zero-order valence-electron chi connectivity index (χ0n) is 13.5. The molecule has 4 aromatic rings. The van der Waals surface area contributed by atoms with Crippen LogP contribution >= 0.6 is 23.1 Å². The Balaban J connectivity index is 1.50. The Hall–Kier alpha value is -2.65. The fourth-order valence-electron chi connectivity index (χ4n) is 2.92. The Kier molecular flexibility index (Phi) is 3.25. The summed E-state index contributed by atoms with van der Waals surface area (Å²) in [6.45, 7) is 0. The first kappa shape index (κ1) is 15.6. The Morgan fingerprint density at radius 2 is 2.12 bits per heavy atom. The van der Waals surface area contributed by atoms with E-state index in [0.29, 0.717) is 11.6 Å². The number of hydrogen-bond acceptors (Lipinski definition) is 7. The van der Waals surface area contributed by atoms with Crippen LogP contribution in [0.3, 0.4) is 0 Å². The molecule has 0 bridgehead atoms. The molecule has 0 saturated heterocycles. The fourth-order valence-corrected chi connectivity index (χ4v) is 5.15. The van der Waals surface area contributed by atoms with Crippen LogP contribution in [0.25, 0.3) is 16.0 Å². The molecule has 5 rings (SSSR count). The van der Waals surface area contributed by atoms with Gasteiger partial charge in [0.1, 0.15) is 21.3 Å². The van der Waals surface area contributed by atoms with Gasteiger partial charge in [-0.2, -0.15) is 4.98 Å². The second-order valence-corrected chi connectivity index (χ2v) is 8.44. The Bertz CT molecular complexity index is 1180. The highest BCUT2D eigenvalue weighted by molar-refractivity contribution is 7.99. The molecule has 130 valence electrons. The van der Waals surface area contributed by atoms with E-state index in [1.165, 1.54) is 0 Å². The summed E-state index contributed by atoms with van der Waals surface area (Å²) in [4.78, 5) is 25.9. The predicted octanol–water partition coefficient (Wildman–Crippen LogP) is 2.59. The average Bonchev–Trinajstić information content (AvgIpc) is 3.19. The van der Waals surface area contributed by atoms with Crippen molar-refractivity contribution < 1.29 is 4.79 Å². The van der Waals surface area contributed by atoms with Crippen LogP contribution in [0.5, 0.6) is 0 Å². The highest BCUT2D eigenvalue weighted by atomic mass is 32.2. The molecule has 1 aliphatic rings. The Labute approximate surface area is 156 Å². The number of primary amides is 1. The fraction of sp³-hybridized carbons (Fsp3) is 0.176. The number of imidazole rings is 1. The molecular weight excluding hydrogens is 368 g/mol. The second kappa shape index (κ2) is 5.42. The quantitative estimate of drug-likeness (QED) is 0.561. The SMILES string of the molecule is NC(=O)C1(c2nc3ccc(Sc4cnc5nc(N)ccn45)cc3s2)CC1. The average molecular weight is 382 g/mol. The predicted molar refractivity (Wildman–Crippen MR) is 101 cm³/mol. The number of benzene rings is 1. The maximum Gasteiger partial charge on any atom is 0.236 e. The van der Waals surface area contributed by atoms with Crippen molar-refractivity contribution >= 4 is 50.8 Å². The van der Waals surface area contributed by atoms with Gasteiger partial charge in [-0.15, -0.1) is 11.3 Å². The first-order valence-electron chi connectivity index (χ1n) is 8.04. The molecule has 26 heavy (non-hydrogen) atoms. The number of anilines is 1. The first-order chi connectivity index (χ1) is 12.5. The maximum atomic E-state index is 11.7. The van der Waals surface area contributed by atoms with E-state index in [-0.39, 0.29) is 5.91 Å². The zero-order valence-corrected chi connectivity index (χ0v) is 15.2. The highest BCUT2D eigenvalue weighted by Gasteiger charge is 2.52. The van der Waals surface area contributed by atoms with E-state index in [1.807, 2.05) is 22.7 Å². The number of rotatable bonds is 4. The van der Waals surface area contributed by atoms with Crippen LogP contribution in [0.4, 0.5) is 5.82 Å². The molecule has 0 atom stereocenters. The molecule has 7 nitrogen and oxygen atoms in total. The molecule has 0 unspecified atom stereocenters. The molecular formula is C17H14N6OS2.